The SMILES string of the molecule is CN(c1ccccc1N(C)C1(C)CCCCO1)C1(C)CCCCO1. The van der Waals surface area contributed by atoms with Crippen LogP contribution in [-0.4, -0.2) is 38.8 Å². The van der Waals surface area contributed by atoms with Crippen molar-refractivity contribution in [2.75, 3.05) is 37.1 Å². The van der Waals surface area contributed by atoms with E-state index in [1.54, 1.807) is 0 Å². The Balaban J connectivity index is 1.90. The quantitative estimate of drug-likeness (QED) is 0.816. The fraction of sp³-hybridized carbons (Fsp3) is 0.700. The Morgan fingerprint density at radius 2 is 1.17 bits per heavy atom. The van der Waals surface area contributed by atoms with Crippen molar-refractivity contribution in [3.8, 4) is 0 Å². The van der Waals surface area contributed by atoms with E-state index >= 15 is 0 Å². The van der Waals surface area contributed by atoms with Crippen LogP contribution in [0.4, 0.5) is 11.4 Å². The molecule has 0 N–H and O–H groups in total. The van der Waals surface area contributed by atoms with Gasteiger partial charge in [0.05, 0.1) is 11.4 Å². The molecule has 1 aromatic rings. The van der Waals surface area contributed by atoms with Crippen LogP contribution in [0, 0.1) is 0 Å². The molecule has 0 amide bonds. The van der Waals surface area contributed by atoms with E-state index in [1.165, 1.54) is 24.2 Å². The van der Waals surface area contributed by atoms with Gasteiger partial charge in [0, 0.05) is 27.3 Å². The molecule has 2 aliphatic rings. The van der Waals surface area contributed by atoms with Crippen molar-refractivity contribution < 1.29 is 9.47 Å². The second-order valence-electron chi connectivity index (χ2n) is 7.57. The predicted molar refractivity (Wildman–Crippen MR) is 99.7 cm³/mol. The van der Waals surface area contributed by atoms with Gasteiger partial charge in [-0.3, -0.25) is 0 Å². The Morgan fingerprint density at radius 3 is 1.50 bits per heavy atom. The summed E-state index contributed by atoms with van der Waals surface area (Å²) in [6.07, 6.45) is 6.90. The summed E-state index contributed by atoms with van der Waals surface area (Å²) in [6, 6.07) is 8.61. The van der Waals surface area contributed by atoms with Crippen molar-refractivity contribution in [2.45, 2.75) is 63.8 Å². The molecule has 2 aliphatic heterocycles. The van der Waals surface area contributed by atoms with Crippen molar-refractivity contribution in [1.82, 2.24) is 0 Å². The third-order valence-electron chi connectivity index (χ3n) is 5.92. The molecule has 2 heterocycles. The number of anilines is 2. The molecule has 2 fully saturated rings. The van der Waals surface area contributed by atoms with Gasteiger partial charge in [0.25, 0.3) is 0 Å². The van der Waals surface area contributed by atoms with Gasteiger partial charge in [-0.1, -0.05) is 12.1 Å². The first-order valence-electron chi connectivity index (χ1n) is 9.31. The molecule has 0 saturated carbocycles. The largest absolute Gasteiger partial charge is 0.356 e. The van der Waals surface area contributed by atoms with Crippen molar-refractivity contribution in [1.29, 1.82) is 0 Å². The summed E-state index contributed by atoms with van der Waals surface area (Å²) in [5, 5.41) is 0. The minimum absolute atomic E-state index is 0.233. The molecular formula is C20H32N2O2. The van der Waals surface area contributed by atoms with E-state index in [0.717, 1.165) is 38.9 Å². The van der Waals surface area contributed by atoms with Gasteiger partial charge in [-0.05, 0) is 64.5 Å². The van der Waals surface area contributed by atoms with Gasteiger partial charge >= 0.3 is 0 Å². The molecule has 134 valence electrons. The fourth-order valence-electron chi connectivity index (χ4n) is 3.91. The molecule has 2 atom stereocenters. The molecule has 4 nitrogen and oxygen atoms in total. The van der Waals surface area contributed by atoms with Gasteiger partial charge in [-0.25, -0.2) is 0 Å². The molecular weight excluding hydrogens is 300 g/mol. The predicted octanol–water partition coefficient (Wildman–Crippen LogP) is 4.39. The number of rotatable bonds is 4. The van der Waals surface area contributed by atoms with Gasteiger partial charge < -0.3 is 19.3 Å². The molecule has 0 radical (unpaired) electrons. The maximum absolute atomic E-state index is 6.16. The zero-order valence-electron chi connectivity index (χ0n) is 15.7. The summed E-state index contributed by atoms with van der Waals surface area (Å²) < 4.78 is 12.3. The van der Waals surface area contributed by atoms with Crippen molar-refractivity contribution >= 4 is 11.4 Å². The van der Waals surface area contributed by atoms with Crippen LogP contribution in [0.1, 0.15) is 52.4 Å². The van der Waals surface area contributed by atoms with Crippen LogP contribution in [0.2, 0.25) is 0 Å². The second-order valence-corrected chi connectivity index (χ2v) is 7.57. The maximum Gasteiger partial charge on any atom is 0.138 e. The maximum atomic E-state index is 6.16. The number of para-hydroxylation sites is 2. The van der Waals surface area contributed by atoms with Crippen LogP contribution in [-0.2, 0) is 9.47 Å². The highest BCUT2D eigenvalue weighted by Crippen LogP contribution is 2.40. The topological polar surface area (TPSA) is 24.9 Å². The first-order valence-corrected chi connectivity index (χ1v) is 9.31. The van der Waals surface area contributed by atoms with Crippen molar-refractivity contribution in [2.24, 2.45) is 0 Å². The standard InChI is InChI=1S/C20H32N2O2/c1-19(13-7-9-15-23-19)21(3)17-11-5-6-12-18(17)22(4)20(2)14-8-10-16-24-20/h5-6,11-12H,7-10,13-16H2,1-4H3. The van der Waals surface area contributed by atoms with Gasteiger partial charge in [-0.2, -0.15) is 0 Å². The van der Waals surface area contributed by atoms with E-state index in [0.29, 0.717) is 0 Å². The summed E-state index contributed by atoms with van der Waals surface area (Å²) in [5.74, 6) is 0. The van der Waals surface area contributed by atoms with E-state index in [1.807, 2.05) is 0 Å². The van der Waals surface area contributed by atoms with Crippen LogP contribution in [0.5, 0.6) is 0 Å². The van der Waals surface area contributed by atoms with Gasteiger partial charge in [-0.15, -0.1) is 0 Å². The lowest BCUT2D eigenvalue weighted by molar-refractivity contribution is -0.0658. The van der Waals surface area contributed by atoms with E-state index in [9.17, 15) is 0 Å². The summed E-state index contributed by atoms with van der Waals surface area (Å²) in [6.45, 7) is 6.11. The Labute approximate surface area is 146 Å². The monoisotopic (exact) mass is 332 g/mol. The van der Waals surface area contributed by atoms with Crippen LogP contribution in [0.25, 0.3) is 0 Å². The minimum Gasteiger partial charge on any atom is -0.356 e. The van der Waals surface area contributed by atoms with Crippen molar-refractivity contribution in [3.63, 3.8) is 0 Å². The average molecular weight is 332 g/mol. The lowest BCUT2D eigenvalue weighted by Crippen LogP contribution is -2.51. The lowest BCUT2D eigenvalue weighted by Gasteiger charge is -2.47. The normalized spacial score (nSPS) is 30.8. The highest BCUT2D eigenvalue weighted by atomic mass is 16.5. The number of ether oxygens (including phenoxy) is 2. The highest BCUT2D eigenvalue weighted by Gasteiger charge is 2.37. The number of hydrogen-bond donors (Lipinski definition) is 0. The third kappa shape index (κ3) is 3.27. The van der Waals surface area contributed by atoms with Crippen molar-refractivity contribution in [3.05, 3.63) is 24.3 Å². The smallest absolute Gasteiger partial charge is 0.138 e. The highest BCUT2D eigenvalue weighted by molar-refractivity contribution is 5.72. The van der Waals surface area contributed by atoms with E-state index in [4.69, 9.17) is 9.47 Å². The summed E-state index contributed by atoms with van der Waals surface area (Å²) in [5.41, 5.74) is 1.95. The van der Waals surface area contributed by atoms with Gasteiger partial charge in [0.15, 0.2) is 0 Å². The zero-order valence-corrected chi connectivity index (χ0v) is 15.7. The molecule has 3 rings (SSSR count). The molecule has 0 aliphatic carbocycles. The molecule has 2 saturated heterocycles. The molecule has 0 bridgehead atoms. The van der Waals surface area contributed by atoms with E-state index < -0.39 is 0 Å². The average Bonchev–Trinajstić information content (AvgIpc) is 2.62. The second kappa shape index (κ2) is 6.93. The molecule has 0 spiro atoms. The number of benzene rings is 1. The van der Waals surface area contributed by atoms with Gasteiger partial charge in [0.2, 0.25) is 0 Å². The fourth-order valence-corrected chi connectivity index (χ4v) is 3.91. The summed E-state index contributed by atoms with van der Waals surface area (Å²) in [4.78, 5) is 4.62. The Kier molecular flexibility index (Phi) is 5.07. The van der Waals surface area contributed by atoms with Crippen LogP contribution >= 0.6 is 0 Å². The van der Waals surface area contributed by atoms with Crippen LogP contribution < -0.4 is 9.80 Å². The van der Waals surface area contributed by atoms with Crippen LogP contribution in [0.3, 0.4) is 0 Å². The summed E-state index contributed by atoms with van der Waals surface area (Å²) >= 11 is 0. The Hall–Kier alpha value is -1.26. The van der Waals surface area contributed by atoms with Crippen LogP contribution in [0.15, 0.2) is 24.3 Å². The first-order chi connectivity index (χ1) is 11.5. The van der Waals surface area contributed by atoms with E-state index in [-0.39, 0.29) is 11.4 Å². The molecule has 1 aromatic carbocycles. The molecule has 4 heteroatoms. The van der Waals surface area contributed by atoms with E-state index in [2.05, 4.69) is 62.0 Å². The Bertz CT molecular complexity index is 499. The zero-order chi connectivity index (χ0) is 17.2. The first kappa shape index (κ1) is 17.6. The Morgan fingerprint density at radius 1 is 0.750 bits per heavy atom. The molecule has 2 unspecified atom stereocenters. The number of hydrogen-bond acceptors (Lipinski definition) is 4. The lowest BCUT2D eigenvalue weighted by atomic mass is 10.00. The minimum atomic E-state index is -0.233. The third-order valence-corrected chi connectivity index (χ3v) is 5.92. The molecule has 0 aromatic heterocycles. The number of nitrogens with zero attached hydrogens (tertiary/aromatic N) is 2. The van der Waals surface area contributed by atoms with Gasteiger partial charge in [0.1, 0.15) is 11.4 Å². The summed E-state index contributed by atoms with van der Waals surface area (Å²) in [7, 11) is 4.31. The molecule has 24 heavy (non-hydrogen) atoms.